The summed E-state index contributed by atoms with van der Waals surface area (Å²) in [4.78, 5) is 2.38. The van der Waals surface area contributed by atoms with Crippen molar-refractivity contribution in [2.75, 3.05) is 18.0 Å². The molecule has 1 aliphatic rings. The van der Waals surface area contributed by atoms with Gasteiger partial charge in [0.15, 0.2) is 0 Å². The Morgan fingerprint density at radius 3 is 2.60 bits per heavy atom. The molecule has 0 aliphatic carbocycles. The molecule has 1 aliphatic heterocycles. The summed E-state index contributed by atoms with van der Waals surface area (Å²) in [5, 5.41) is 0. The van der Waals surface area contributed by atoms with Gasteiger partial charge in [0.05, 0.1) is 12.2 Å². The minimum absolute atomic E-state index is 0.268. The fourth-order valence-electron chi connectivity index (χ4n) is 2.56. The standard InChI is InChI=1S/C17H18BrNO/c1-13-6-8-14(9-7-13)20-15-10-11-19(12-15)17-5-3-2-4-16(17)18/h2-9,15H,10-12H2,1H3/t15-/m1/s1. The summed E-state index contributed by atoms with van der Waals surface area (Å²) >= 11 is 3.62. The van der Waals surface area contributed by atoms with Gasteiger partial charge in [0, 0.05) is 17.4 Å². The Morgan fingerprint density at radius 1 is 1.10 bits per heavy atom. The molecule has 0 radical (unpaired) electrons. The van der Waals surface area contributed by atoms with Crippen LogP contribution in [-0.2, 0) is 0 Å². The van der Waals surface area contributed by atoms with Crippen LogP contribution in [0.3, 0.4) is 0 Å². The maximum absolute atomic E-state index is 6.06. The lowest BCUT2D eigenvalue weighted by Crippen LogP contribution is -2.24. The largest absolute Gasteiger partial charge is 0.489 e. The van der Waals surface area contributed by atoms with Crippen molar-refractivity contribution in [2.24, 2.45) is 0 Å². The summed E-state index contributed by atoms with van der Waals surface area (Å²) in [7, 11) is 0. The molecular weight excluding hydrogens is 314 g/mol. The molecular formula is C17H18BrNO. The minimum atomic E-state index is 0.268. The maximum atomic E-state index is 6.06. The van der Waals surface area contributed by atoms with Crippen LogP contribution in [0.1, 0.15) is 12.0 Å². The number of nitrogens with zero attached hydrogens (tertiary/aromatic N) is 1. The van der Waals surface area contributed by atoms with Crippen molar-refractivity contribution in [2.45, 2.75) is 19.4 Å². The number of benzene rings is 2. The van der Waals surface area contributed by atoms with Crippen LogP contribution in [-0.4, -0.2) is 19.2 Å². The lowest BCUT2D eigenvalue weighted by Gasteiger charge is -2.20. The third-order valence-electron chi connectivity index (χ3n) is 3.66. The van der Waals surface area contributed by atoms with Crippen molar-refractivity contribution in [1.82, 2.24) is 0 Å². The first-order valence-corrected chi connectivity index (χ1v) is 7.74. The van der Waals surface area contributed by atoms with Gasteiger partial charge in [0.2, 0.25) is 0 Å². The molecule has 3 rings (SSSR count). The highest BCUT2D eigenvalue weighted by atomic mass is 79.9. The quantitative estimate of drug-likeness (QED) is 0.825. The van der Waals surface area contributed by atoms with Crippen LogP contribution in [0.15, 0.2) is 53.0 Å². The Labute approximate surface area is 128 Å². The van der Waals surface area contributed by atoms with E-state index in [1.165, 1.54) is 11.3 Å². The maximum Gasteiger partial charge on any atom is 0.119 e. The molecule has 0 bridgehead atoms. The van der Waals surface area contributed by atoms with Gasteiger partial charge in [0.25, 0.3) is 0 Å². The third-order valence-corrected chi connectivity index (χ3v) is 4.33. The van der Waals surface area contributed by atoms with Crippen LogP contribution >= 0.6 is 15.9 Å². The van der Waals surface area contributed by atoms with Gasteiger partial charge in [-0.3, -0.25) is 0 Å². The van der Waals surface area contributed by atoms with E-state index in [0.717, 1.165) is 29.7 Å². The van der Waals surface area contributed by atoms with Crippen molar-refractivity contribution < 1.29 is 4.74 Å². The summed E-state index contributed by atoms with van der Waals surface area (Å²) in [6, 6.07) is 16.7. The fraction of sp³-hybridized carbons (Fsp3) is 0.294. The molecule has 0 unspecified atom stereocenters. The number of anilines is 1. The van der Waals surface area contributed by atoms with Crippen LogP contribution in [0.2, 0.25) is 0 Å². The number of hydrogen-bond acceptors (Lipinski definition) is 2. The van der Waals surface area contributed by atoms with Crippen LogP contribution in [0.4, 0.5) is 5.69 Å². The van der Waals surface area contributed by atoms with E-state index in [1.807, 2.05) is 6.07 Å². The number of halogens is 1. The predicted molar refractivity (Wildman–Crippen MR) is 86.6 cm³/mol. The van der Waals surface area contributed by atoms with Crippen molar-refractivity contribution >= 4 is 21.6 Å². The Balaban J connectivity index is 1.65. The Bertz CT molecular complexity index is 582. The molecule has 1 atom stereocenters. The highest BCUT2D eigenvalue weighted by molar-refractivity contribution is 9.10. The van der Waals surface area contributed by atoms with Gasteiger partial charge in [0.1, 0.15) is 11.9 Å². The van der Waals surface area contributed by atoms with E-state index < -0.39 is 0 Å². The summed E-state index contributed by atoms with van der Waals surface area (Å²) in [6.45, 7) is 4.07. The molecule has 20 heavy (non-hydrogen) atoms. The molecule has 0 saturated carbocycles. The van der Waals surface area contributed by atoms with E-state index in [2.05, 4.69) is 70.2 Å². The van der Waals surface area contributed by atoms with E-state index in [9.17, 15) is 0 Å². The first kappa shape index (κ1) is 13.5. The van der Waals surface area contributed by atoms with Gasteiger partial charge in [-0.05, 0) is 47.1 Å². The van der Waals surface area contributed by atoms with Crippen molar-refractivity contribution in [3.05, 3.63) is 58.6 Å². The molecule has 2 aromatic rings. The monoisotopic (exact) mass is 331 g/mol. The first-order valence-electron chi connectivity index (χ1n) is 6.95. The normalized spacial score (nSPS) is 18.3. The molecule has 0 aromatic heterocycles. The number of aryl methyl sites for hydroxylation is 1. The van der Waals surface area contributed by atoms with E-state index in [0.29, 0.717) is 0 Å². The highest BCUT2D eigenvalue weighted by Crippen LogP contribution is 2.29. The SMILES string of the molecule is Cc1ccc(O[C@@H]2CCN(c3ccccc3Br)C2)cc1. The molecule has 1 fully saturated rings. The molecule has 0 spiro atoms. The molecule has 1 heterocycles. The van der Waals surface area contributed by atoms with Gasteiger partial charge in [-0.25, -0.2) is 0 Å². The lowest BCUT2D eigenvalue weighted by molar-refractivity contribution is 0.225. The van der Waals surface area contributed by atoms with Gasteiger partial charge in [-0.1, -0.05) is 29.8 Å². The van der Waals surface area contributed by atoms with E-state index in [4.69, 9.17) is 4.74 Å². The van der Waals surface area contributed by atoms with E-state index in [1.54, 1.807) is 0 Å². The van der Waals surface area contributed by atoms with Crippen LogP contribution in [0, 0.1) is 6.92 Å². The second kappa shape index (κ2) is 5.88. The summed E-state index contributed by atoms with van der Waals surface area (Å²) in [5.74, 6) is 0.967. The average molecular weight is 332 g/mol. The molecule has 0 amide bonds. The minimum Gasteiger partial charge on any atom is -0.489 e. The van der Waals surface area contributed by atoms with E-state index in [-0.39, 0.29) is 6.10 Å². The third kappa shape index (κ3) is 2.98. The van der Waals surface area contributed by atoms with Crippen LogP contribution in [0.5, 0.6) is 5.75 Å². The topological polar surface area (TPSA) is 12.5 Å². The van der Waals surface area contributed by atoms with E-state index >= 15 is 0 Å². The molecule has 3 heteroatoms. The highest BCUT2D eigenvalue weighted by Gasteiger charge is 2.25. The number of ether oxygens (including phenoxy) is 1. The number of rotatable bonds is 3. The zero-order valence-corrected chi connectivity index (χ0v) is 13.1. The first-order chi connectivity index (χ1) is 9.72. The van der Waals surface area contributed by atoms with Gasteiger partial charge in [-0.2, -0.15) is 0 Å². The molecule has 1 saturated heterocycles. The predicted octanol–water partition coefficient (Wildman–Crippen LogP) is 4.42. The number of hydrogen-bond donors (Lipinski definition) is 0. The van der Waals surface area contributed by atoms with Crippen molar-refractivity contribution in [1.29, 1.82) is 0 Å². The zero-order chi connectivity index (χ0) is 13.9. The summed E-state index contributed by atoms with van der Waals surface area (Å²) in [5.41, 5.74) is 2.51. The molecule has 104 valence electrons. The van der Waals surface area contributed by atoms with Gasteiger partial charge < -0.3 is 9.64 Å². The second-order valence-corrected chi connectivity index (χ2v) is 6.09. The van der Waals surface area contributed by atoms with Crippen molar-refractivity contribution in [3.8, 4) is 5.75 Å². The Morgan fingerprint density at radius 2 is 1.85 bits per heavy atom. The van der Waals surface area contributed by atoms with Crippen molar-refractivity contribution in [3.63, 3.8) is 0 Å². The zero-order valence-electron chi connectivity index (χ0n) is 11.6. The Hall–Kier alpha value is -1.48. The smallest absolute Gasteiger partial charge is 0.119 e. The summed E-state index contributed by atoms with van der Waals surface area (Å²) in [6.07, 6.45) is 1.33. The molecule has 0 N–H and O–H groups in total. The fourth-order valence-corrected chi connectivity index (χ4v) is 3.10. The second-order valence-electron chi connectivity index (χ2n) is 5.24. The van der Waals surface area contributed by atoms with Crippen LogP contribution < -0.4 is 9.64 Å². The Kier molecular flexibility index (Phi) is 3.97. The average Bonchev–Trinajstić information content (AvgIpc) is 2.90. The molecule has 2 aromatic carbocycles. The number of para-hydroxylation sites is 1. The van der Waals surface area contributed by atoms with Gasteiger partial charge in [-0.15, -0.1) is 0 Å². The summed E-state index contributed by atoms with van der Waals surface area (Å²) < 4.78 is 7.21. The lowest BCUT2D eigenvalue weighted by atomic mass is 10.2. The van der Waals surface area contributed by atoms with Crippen LogP contribution in [0.25, 0.3) is 0 Å². The van der Waals surface area contributed by atoms with Gasteiger partial charge >= 0.3 is 0 Å². The molecule has 2 nitrogen and oxygen atoms in total.